The molecule has 0 saturated carbocycles. The highest BCUT2D eigenvalue weighted by atomic mass is 32.1. The van der Waals surface area contributed by atoms with Gasteiger partial charge in [-0.1, -0.05) is 13.8 Å². The number of carbonyl (C=O) groups is 2. The minimum Gasteiger partial charge on any atom is -0.480 e. The quantitative estimate of drug-likeness (QED) is 0.765. The van der Waals surface area contributed by atoms with E-state index in [0.29, 0.717) is 6.54 Å². The normalized spacial score (nSPS) is 12.2. The van der Waals surface area contributed by atoms with Gasteiger partial charge in [-0.05, 0) is 34.7 Å². The highest BCUT2D eigenvalue weighted by molar-refractivity contribution is 7.08. The standard InChI is InChI=1S/C12H18N2O3S/c1-7(2)10(11(15)16)14-12(17)13-4-9-6-18-5-8(9)3/h5-7,10H,4H2,1-3H3,(H,15,16)(H2,13,14,17). The van der Waals surface area contributed by atoms with Crippen LogP contribution < -0.4 is 10.6 Å². The minimum atomic E-state index is -1.02. The van der Waals surface area contributed by atoms with E-state index in [2.05, 4.69) is 10.6 Å². The number of amides is 2. The lowest BCUT2D eigenvalue weighted by molar-refractivity contribution is -0.140. The number of rotatable bonds is 5. The molecule has 0 aliphatic rings. The van der Waals surface area contributed by atoms with Crippen LogP contribution in [0, 0.1) is 12.8 Å². The van der Waals surface area contributed by atoms with Crippen molar-refractivity contribution in [3.05, 3.63) is 21.9 Å². The summed E-state index contributed by atoms with van der Waals surface area (Å²) in [6.45, 7) is 5.88. The van der Waals surface area contributed by atoms with Crippen LogP contribution in [0.4, 0.5) is 4.79 Å². The number of nitrogens with one attached hydrogen (secondary N) is 2. The zero-order valence-electron chi connectivity index (χ0n) is 10.7. The molecular weight excluding hydrogens is 252 g/mol. The van der Waals surface area contributed by atoms with Gasteiger partial charge in [-0.3, -0.25) is 0 Å². The van der Waals surface area contributed by atoms with Crippen LogP contribution >= 0.6 is 11.3 Å². The van der Waals surface area contributed by atoms with Gasteiger partial charge in [0.25, 0.3) is 0 Å². The summed E-state index contributed by atoms with van der Waals surface area (Å²) in [7, 11) is 0. The molecule has 0 fully saturated rings. The van der Waals surface area contributed by atoms with Crippen LogP contribution in [0.15, 0.2) is 10.8 Å². The maximum absolute atomic E-state index is 11.6. The van der Waals surface area contributed by atoms with E-state index in [4.69, 9.17) is 5.11 Å². The predicted octanol–water partition coefficient (Wildman–Crippen LogP) is 1.96. The Morgan fingerprint density at radius 1 is 1.39 bits per heavy atom. The lowest BCUT2D eigenvalue weighted by Crippen LogP contribution is -2.48. The largest absolute Gasteiger partial charge is 0.480 e. The number of carboxylic acid groups (broad SMARTS) is 1. The van der Waals surface area contributed by atoms with Crippen LogP contribution in [0.5, 0.6) is 0 Å². The predicted molar refractivity (Wildman–Crippen MR) is 70.7 cm³/mol. The molecule has 1 aromatic rings. The second kappa shape index (κ2) is 6.39. The van der Waals surface area contributed by atoms with Crippen molar-refractivity contribution >= 4 is 23.3 Å². The summed E-state index contributed by atoms with van der Waals surface area (Å²) in [5.74, 6) is -1.18. The Bertz CT molecular complexity index is 429. The molecule has 5 nitrogen and oxygen atoms in total. The first kappa shape index (κ1) is 14.5. The summed E-state index contributed by atoms with van der Waals surface area (Å²) >= 11 is 1.58. The van der Waals surface area contributed by atoms with E-state index in [1.807, 2.05) is 17.7 Å². The smallest absolute Gasteiger partial charge is 0.326 e. The van der Waals surface area contributed by atoms with Gasteiger partial charge in [-0.25, -0.2) is 9.59 Å². The lowest BCUT2D eigenvalue weighted by Gasteiger charge is -2.18. The van der Waals surface area contributed by atoms with Gasteiger partial charge in [-0.2, -0.15) is 11.3 Å². The van der Waals surface area contributed by atoms with Crippen LogP contribution in [-0.4, -0.2) is 23.1 Å². The van der Waals surface area contributed by atoms with Crippen LogP contribution in [0.25, 0.3) is 0 Å². The summed E-state index contributed by atoms with van der Waals surface area (Å²) in [6.07, 6.45) is 0. The van der Waals surface area contributed by atoms with E-state index in [9.17, 15) is 9.59 Å². The molecule has 18 heavy (non-hydrogen) atoms. The zero-order valence-corrected chi connectivity index (χ0v) is 11.5. The molecule has 0 aliphatic heterocycles. The van der Waals surface area contributed by atoms with Gasteiger partial charge in [-0.15, -0.1) is 0 Å². The van der Waals surface area contributed by atoms with E-state index >= 15 is 0 Å². The first-order chi connectivity index (χ1) is 8.41. The molecule has 6 heteroatoms. The van der Waals surface area contributed by atoms with E-state index in [1.54, 1.807) is 25.2 Å². The van der Waals surface area contributed by atoms with E-state index in [-0.39, 0.29) is 5.92 Å². The summed E-state index contributed by atoms with van der Waals surface area (Å²) in [5.41, 5.74) is 2.17. The Kier molecular flexibility index (Phi) is 5.15. The summed E-state index contributed by atoms with van der Waals surface area (Å²) < 4.78 is 0. The first-order valence-electron chi connectivity index (χ1n) is 5.70. The Balaban J connectivity index is 2.46. The number of carbonyl (C=O) groups excluding carboxylic acids is 1. The maximum Gasteiger partial charge on any atom is 0.326 e. The third-order valence-electron chi connectivity index (χ3n) is 2.62. The molecule has 0 aromatic carbocycles. The number of thiophene rings is 1. The van der Waals surface area contributed by atoms with Crippen molar-refractivity contribution in [2.45, 2.75) is 33.4 Å². The molecule has 3 N–H and O–H groups in total. The summed E-state index contributed by atoms with van der Waals surface area (Å²) in [5, 5.41) is 18.0. The molecular formula is C12H18N2O3S. The van der Waals surface area contributed by atoms with Gasteiger partial charge in [0.15, 0.2) is 0 Å². The summed E-state index contributed by atoms with van der Waals surface area (Å²) in [4.78, 5) is 22.5. The van der Waals surface area contributed by atoms with Gasteiger partial charge in [0.1, 0.15) is 6.04 Å². The molecule has 0 aliphatic carbocycles. The fourth-order valence-corrected chi connectivity index (χ4v) is 2.31. The number of carboxylic acids is 1. The van der Waals surface area contributed by atoms with Crippen LogP contribution in [-0.2, 0) is 11.3 Å². The number of aryl methyl sites for hydroxylation is 1. The third kappa shape index (κ3) is 4.03. The fourth-order valence-electron chi connectivity index (χ4n) is 1.45. The third-order valence-corrected chi connectivity index (χ3v) is 3.53. The second-order valence-electron chi connectivity index (χ2n) is 4.47. The SMILES string of the molecule is Cc1cscc1CNC(=O)NC(C(=O)O)C(C)C. The minimum absolute atomic E-state index is 0.156. The molecule has 100 valence electrons. The summed E-state index contributed by atoms with van der Waals surface area (Å²) in [6, 6.07) is -1.32. The second-order valence-corrected chi connectivity index (χ2v) is 5.21. The molecule has 0 bridgehead atoms. The average molecular weight is 270 g/mol. The van der Waals surface area contributed by atoms with Crippen molar-refractivity contribution in [2.75, 3.05) is 0 Å². The van der Waals surface area contributed by atoms with Crippen molar-refractivity contribution in [3.8, 4) is 0 Å². The molecule has 2 amide bonds. The van der Waals surface area contributed by atoms with Gasteiger partial charge < -0.3 is 15.7 Å². The van der Waals surface area contributed by atoms with Crippen molar-refractivity contribution in [2.24, 2.45) is 5.92 Å². The van der Waals surface area contributed by atoms with Gasteiger partial charge in [0.05, 0.1) is 0 Å². The highest BCUT2D eigenvalue weighted by Crippen LogP contribution is 2.12. The van der Waals surface area contributed by atoms with Crippen molar-refractivity contribution in [1.29, 1.82) is 0 Å². The van der Waals surface area contributed by atoms with Gasteiger partial charge in [0, 0.05) is 6.54 Å². The number of hydrogen-bond donors (Lipinski definition) is 3. The topological polar surface area (TPSA) is 78.4 Å². The highest BCUT2D eigenvalue weighted by Gasteiger charge is 2.23. The van der Waals surface area contributed by atoms with Crippen LogP contribution in [0.3, 0.4) is 0 Å². The van der Waals surface area contributed by atoms with Crippen LogP contribution in [0.1, 0.15) is 25.0 Å². The van der Waals surface area contributed by atoms with Crippen molar-refractivity contribution in [1.82, 2.24) is 10.6 Å². The molecule has 1 heterocycles. The Hall–Kier alpha value is -1.56. The van der Waals surface area contributed by atoms with E-state index < -0.39 is 18.0 Å². The number of urea groups is 1. The molecule has 1 unspecified atom stereocenters. The molecule has 0 spiro atoms. The molecule has 1 aromatic heterocycles. The molecule has 1 atom stereocenters. The maximum atomic E-state index is 11.6. The zero-order chi connectivity index (χ0) is 13.7. The van der Waals surface area contributed by atoms with Crippen molar-refractivity contribution < 1.29 is 14.7 Å². The average Bonchev–Trinajstić information content (AvgIpc) is 2.68. The van der Waals surface area contributed by atoms with Crippen LogP contribution in [0.2, 0.25) is 0 Å². The lowest BCUT2D eigenvalue weighted by atomic mass is 10.1. The molecule has 0 saturated heterocycles. The van der Waals surface area contributed by atoms with Gasteiger partial charge >= 0.3 is 12.0 Å². The van der Waals surface area contributed by atoms with Gasteiger partial charge in [0.2, 0.25) is 0 Å². The monoisotopic (exact) mass is 270 g/mol. The van der Waals surface area contributed by atoms with Crippen molar-refractivity contribution in [3.63, 3.8) is 0 Å². The molecule has 0 radical (unpaired) electrons. The Morgan fingerprint density at radius 2 is 2.06 bits per heavy atom. The number of aliphatic carboxylic acids is 1. The fraction of sp³-hybridized carbons (Fsp3) is 0.500. The van der Waals surface area contributed by atoms with E-state index in [0.717, 1.165) is 11.1 Å². The Morgan fingerprint density at radius 3 is 2.50 bits per heavy atom. The Labute approximate surface area is 110 Å². The number of hydrogen-bond acceptors (Lipinski definition) is 3. The molecule has 1 rings (SSSR count). The van der Waals surface area contributed by atoms with E-state index in [1.165, 1.54) is 0 Å². The first-order valence-corrected chi connectivity index (χ1v) is 6.65.